The van der Waals surface area contributed by atoms with E-state index in [4.69, 9.17) is 9.72 Å². The number of nitrogens with one attached hydrogen (secondary N) is 1. The average molecular weight is 380 g/mol. The van der Waals surface area contributed by atoms with Crippen LogP contribution in [0.5, 0.6) is 0 Å². The Kier molecular flexibility index (Phi) is 6.80. The molecule has 0 bridgehead atoms. The minimum Gasteiger partial charge on any atom is -0.389 e. The van der Waals surface area contributed by atoms with Gasteiger partial charge in [0.05, 0.1) is 24.6 Å². The number of aliphatic hydroxyl groups excluding tert-OH is 1. The van der Waals surface area contributed by atoms with E-state index in [2.05, 4.69) is 16.8 Å². The summed E-state index contributed by atoms with van der Waals surface area (Å²) < 4.78 is 5.30. The number of fused-ring (bicyclic) bond motifs is 3. The SMILES string of the molecule is CCCN(Cc1nc2sc3c(c2c(=O)[nH]1)CCCC3)C[C@H](O)COCC. The lowest BCUT2D eigenvalue weighted by molar-refractivity contribution is 0.0192. The summed E-state index contributed by atoms with van der Waals surface area (Å²) in [5.74, 6) is 0.679. The van der Waals surface area contributed by atoms with Crippen molar-refractivity contribution in [1.82, 2.24) is 14.9 Å². The first kappa shape index (κ1) is 19.5. The fourth-order valence-corrected chi connectivity index (χ4v) is 4.93. The van der Waals surface area contributed by atoms with Gasteiger partial charge in [-0.1, -0.05) is 6.92 Å². The van der Waals surface area contributed by atoms with E-state index in [0.29, 0.717) is 32.1 Å². The molecule has 0 spiro atoms. The standard InChI is InChI=1S/C19H29N3O3S/c1-3-9-22(10-13(23)12-25-4-2)11-16-20-18(24)17-14-7-5-6-8-15(14)26-19(17)21-16/h13,23H,3-12H2,1-2H3,(H,20,21,24)/t13-/m0/s1. The normalized spacial score (nSPS) is 15.5. The highest BCUT2D eigenvalue weighted by Gasteiger charge is 2.20. The van der Waals surface area contributed by atoms with Gasteiger partial charge < -0.3 is 14.8 Å². The van der Waals surface area contributed by atoms with Gasteiger partial charge in [-0.05, 0) is 51.1 Å². The van der Waals surface area contributed by atoms with Crippen LogP contribution in [0.15, 0.2) is 4.79 Å². The van der Waals surface area contributed by atoms with Crippen LogP contribution in [0.25, 0.3) is 10.2 Å². The summed E-state index contributed by atoms with van der Waals surface area (Å²) in [6.45, 7) is 6.83. The summed E-state index contributed by atoms with van der Waals surface area (Å²) in [5, 5.41) is 10.9. The van der Waals surface area contributed by atoms with E-state index in [1.807, 2.05) is 6.92 Å². The number of aryl methyl sites for hydroxylation is 2. The Morgan fingerprint density at radius 1 is 1.35 bits per heavy atom. The number of aromatic nitrogens is 2. The van der Waals surface area contributed by atoms with E-state index in [0.717, 1.165) is 42.4 Å². The number of H-pyrrole nitrogens is 1. The molecular formula is C19H29N3O3S. The summed E-state index contributed by atoms with van der Waals surface area (Å²) in [6, 6.07) is 0. The van der Waals surface area contributed by atoms with Crippen molar-refractivity contribution in [3.8, 4) is 0 Å². The molecule has 0 fully saturated rings. The molecule has 0 saturated heterocycles. The molecule has 2 heterocycles. The van der Waals surface area contributed by atoms with Crippen molar-refractivity contribution in [1.29, 1.82) is 0 Å². The number of aromatic amines is 1. The summed E-state index contributed by atoms with van der Waals surface area (Å²) in [4.78, 5) is 24.7. The second-order valence-electron chi connectivity index (χ2n) is 6.95. The van der Waals surface area contributed by atoms with Crippen LogP contribution in [0.3, 0.4) is 0 Å². The molecule has 2 aromatic rings. The smallest absolute Gasteiger partial charge is 0.259 e. The molecular weight excluding hydrogens is 350 g/mol. The fourth-order valence-electron chi connectivity index (χ4n) is 3.65. The molecule has 0 saturated carbocycles. The van der Waals surface area contributed by atoms with Gasteiger partial charge in [0.2, 0.25) is 0 Å². The van der Waals surface area contributed by atoms with Crippen LogP contribution in [-0.4, -0.2) is 52.4 Å². The largest absolute Gasteiger partial charge is 0.389 e. The minimum atomic E-state index is -0.536. The number of hydrogen-bond donors (Lipinski definition) is 2. The maximum atomic E-state index is 12.7. The zero-order valence-electron chi connectivity index (χ0n) is 15.7. The second kappa shape index (κ2) is 9.08. The van der Waals surface area contributed by atoms with Crippen LogP contribution in [0.1, 0.15) is 49.4 Å². The number of rotatable bonds is 9. The van der Waals surface area contributed by atoms with Gasteiger partial charge in [0.25, 0.3) is 5.56 Å². The van der Waals surface area contributed by atoms with Gasteiger partial charge in [0.1, 0.15) is 10.7 Å². The van der Waals surface area contributed by atoms with Crippen molar-refractivity contribution in [2.24, 2.45) is 0 Å². The average Bonchev–Trinajstić information content (AvgIpc) is 2.98. The highest BCUT2D eigenvalue weighted by atomic mass is 32.1. The van der Waals surface area contributed by atoms with E-state index in [1.165, 1.54) is 16.9 Å². The molecule has 144 valence electrons. The molecule has 0 unspecified atom stereocenters. The van der Waals surface area contributed by atoms with Crippen LogP contribution in [0.4, 0.5) is 0 Å². The van der Waals surface area contributed by atoms with E-state index >= 15 is 0 Å². The third-order valence-corrected chi connectivity index (χ3v) is 5.96. The van der Waals surface area contributed by atoms with E-state index in [9.17, 15) is 9.90 Å². The summed E-state index contributed by atoms with van der Waals surface area (Å²) in [7, 11) is 0. The monoisotopic (exact) mass is 379 g/mol. The van der Waals surface area contributed by atoms with E-state index in [-0.39, 0.29) is 5.56 Å². The third-order valence-electron chi connectivity index (χ3n) is 4.77. The molecule has 0 amide bonds. The van der Waals surface area contributed by atoms with Gasteiger partial charge in [0.15, 0.2) is 0 Å². The Labute approximate surface area is 158 Å². The molecule has 0 aromatic carbocycles. The van der Waals surface area contributed by atoms with Gasteiger partial charge in [-0.25, -0.2) is 4.98 Å². The zero-order valence-corrected chi connectivity index (χ0v) is 16.5. The summed E-state index contributed by atoms with van der Waals surface area (Å²) in [5.41, 5.74) is 1.20. The molecule has 7 heteroatoms. The molecule has 2 N–H and O–H groups in total. The van der Waals surface area contributed by atoms with Crippen LogP contribution in [0, 0.1) is 0 Å². The third kappa shape index (κ3) is 4.52. The van der Waals surface area contributed by atoms with Crippen molar-refractivity contribution >= 4 is 21.6 Å². The minimum absolute atomic E-state index is 0.0179. The van der Waals surface area contributed by atoms with Crippen LogP contribution in [0.2, 0.25) is 0 Å². The topological polar surface area (TPSA) is 78.5 Å². The Morgan fingerprint density at radius 2 is 2.15 bits per heavy atom. The van der Waals surface area contributed by atoms with Crippen molar-refractivity contribution in [2.75, 3.05) is 26.3 Å². The zero-order chi connectivity index (χ0) is 18.5. The van der Waals surface area contributed by atoms with E-state index in [1.54, 1.807) is 11.3 Å². The first-order valence-corrected chi connectivity index (χ1v) is 10.5. The van der Waals surface area contributed by atoms with Gasteiger partial charge in [-0.2, -0.15) is 0 Å². The van der Waals surface area contributed by atoms with Crippen molar-refractivity contribution in [3.05, 3.63) is 26.6 Å². The molecule has 26 heavy (non-hydrogen) atoms. The number of ether oxygens (including phenoxy) is 1. The van der Waals surface area contributed by atoms with Gasteiger partial charge in [0, 0.05) is 18.0 Å². The van der Waals surface area contributed by atoms with Crippen LogP contribution < -0.4 is 5.56 Å². The highest BCUT2D eigenvalue weighted by molar-refractivity contribution is 7.18. The van der Waals surface area contributed by atoms with Gasteiger partial charge in [-0.15, -0.1) is 11.3 Å². The molecule has 0 radical (unpaired) electrons. The molecule has 1 aliphatic carbocycles. The first-order valence-electron chi connectivity index (χ1n) is 9.64. The van der Waals surface area contributed by atoms with Gasteiger partial charge >= 0.3 is 0 Å². The molecule has 6 nitrogen and oxygen atoms in total. The fraction of sp³-hybridized carbons (Fsp3) is 0.684. The number of thiophene rings is 1. The number of hydrogen-bond acceptors (Lipinski definition) is 6. The molecule has 1 aliphatic rings. The second-order valence-corrected chi connectivity index (χ2v) is 8.04. The molecule has 3 rings (SSSR count). The van der Waals surface area contributed by atoms with Crippen LogP contribution >= 0.6 is 11.3 Å². The molecule has 0 aliphatic heterocycles. The number of nitrogens with zero attached hydrogens (tertiary/aromatic N) is 2. The van der Waals surface area contributed by atoms with E-state index < -0.39 is 6.10 Å². The highest BCUT2D eigenvalue weighted by Crippen LogP contribution is 2.33. The first-order chi connectivity index (χ1) is 12.6. The molecule has 1 atom stereocenters. The maximum Gasteiger partial charge on any atom is 0.259 e. The Morgan fingerprint density at radius 3 is 2.92 bits per heavy atom. The maximum absolute atomic E-state index is 12.7. The lowest BCUT2D eigenvalue weighted by Crippen LogP contribution is -2.36. The van der Waals surface area contributed by atoms with Crippen molar-refractivity contribution in [2.45, 2.75) is 58.6 Å². The summed E-state index contributed by atoms with van der Waals surface area (Å²) in [6.07, 6.45) is 4.85. The summed E-state index contributed by atoms with van der Waals surface area (Å²) >= 11 is 1.67. The quantitative estimate of drug-likeness (QED) is 0.700. The van der Waals surface area contributed by atoms with Crippen molar-refractivity contribution in [3.63, 3.8) is 0 Å². The predicted molar refractivity (Wildman–Crippen MR) is 105 cm³/mol. The lowest BCUT2D eigenvalue weighted by Gasteiger charge is -2.24. The Bertz CT molecular complexity index is 786. The Hall–Kier alpha value is -1.28. The Balaban J connectivity index is 1.79. The van der Waals surface area contributed by atoms with Gasteiger partial charge in [-0.3, -0.25) is 9.69 Å². The van der Waals surface area contributed by atoms with Crippen molar-refractivity contribution < 1.29 is 9.84 Å². The lowest BCUT2D eigenvalue weighted by atomic mass is 9.97. The number of aliphatic hydroxyl groups is 1. The predicted octanol–water partition coefficient (Wildman–Crippen LogP) is 2.47. The molecule has 2 aromatic heterocycles. The van der Waals surface area contributed by atoms with Crippen LogP contribution in [-0.2, 0) is 24.1 Å².